The number of aryl methyl sites for hydroxylation is 1. The molecule has 15 heavy (non-hydrogen) atoms. The maximum Gasteiger partial charge on any atom is 0.125 e. The van der Waals surface area contributed by atoms with Gasteiger partial charge in [-0.15, -0.1) is 6.58 Å². The van der Waals surface area contributed by atoms with Crippen LogP contribution in [0.2, 0.25) is 0 Å². The van der Waals surface area contributed by atoms with Crippen LogP contribution in [0.5, 0.6) is 0 Å². The van der Waals surface area contributed by atoms with E-state index in [1.165, 1.54) is 5.57 Å². The molecule has 1 atom stereocenters. The third-order valence-electron chi connectivity index (χ3n) is 2.36. The van der Waals surface area contributed by atoms with E-state index in [0.717, 1.165) is 24.4 Å². The number of hydrogen-bond donors (Lipinski definition) is 1. The highest BCUT2D eigenvalue weighted by molar-refractivity contribution is 5.08. The molecule has 0 amide bonds. The zero-order valence-corrected chi connectivity index (χ0v) is 9.75. The highest BCUT2D eigenvalue weighted by atomic mass is 14.9. The van der Waals surface area contributed by atoms with E-state index in [2.05, 4.69) is 28.8 Å². The quantitative estimate of drug-likeness (QED) is 0.750. The number of nitrogens with one attached hydrogen (secondary N) is 1. The van der Waals surface area contributed by atoms with E-state index >= 15 is 0 Å². The second-order valence-electron chi connectivity index (χ2n) is 3.87. The minimum Gasteiger partial charge on any atom is -0.312 e. The summed E-state index contributed by atoms with van der Waals surface area (Å²) in [7, 11) is 1.96. The molecular formula is C12H19N3. The number of rotatable bonds is 5. The van der Waals surface area contributed by atoms with Gasteiger partial charge in [-0.25, -0.2) is 9.97 Å². The second-order valence-corrected chi connectivity index (χ2v) is 3.87. The Hall–Kier alpha value is -1.22. The van der Waals surface area contributed by atoms with Crippen LogP contribution in [0.15, 0.2) is 24.4 Å². The van der Waals surface area contributed by atoms with E-state index in [4.69, 9.17) is 0 Å². The molecule has 3 heteroatoms. The van der Waals surface area contributed by atoms with Crippen LogP contribution in [0.25, 0.3) is 0 Å². The van der Waals surface area contributed by atoms with Crippen molar-refractivity contribution in [3.8, 4) is 0 Å². The molecular weight excluding hydrogens is 186 g/mol. The van der Waals surface area contributed by atoms with Crippen LogP contribution in [-0.4, -0.2) is 17.0 Å². The van der Waals surface area contributed by atoms with Gasteiger partial charge in [0.15, 0.2) is 0 Å². The first kappa shape index (κ1) is 11.9. The van der Waals surface area contributed by atoms with Gasteiger partial charge in [0.2, 0.25) is 0 Å². The molecule has 1 aromatic rings. The zero-order valence-electron chi connectivity index (χ0n) is 9.75. The molecule has 0 fully saturated rings. The van der Waals surface area contributed by atoms with E-state index in [-0.39, 0.29) is 0 Å². The zero-order chi connectivity index (χ0) is 11.3. The maximum atomic E-state index is 4.42. The molecule has 1 unspecified atom stereocenters. The van der Waals surface area contributed by atoms with E-state index in [0.29, 0.717) is 6.04 Å². The molecule has 0 aliphatic heterocycles. The van der Waals surface area contributed by atoms with Crippen molar-refractivity contribution in [2.24, 2.45) is 0 Å². The molecule has 0 radical (unpaired) electrons. The van der Waals surface area contributed by atoms with Gasteiger partial charge in [0.1, 0.15) is 5.82 Å². The predicted octanol–water partition coefficient (Wildman–Crippen LogP) is 2.40. The Morgan fingerprint density at radius 1 is 1.60 bits per heavy atom. The van der Waals surface area contributed by atoms with Crippen molar-refractivity contribution in [3.05, 3.63) is 35.9 Å². The van der Waals surface area contributed by atoms with Crippen LogP contribution < -0.4 is 5.32 Å². The van der Waals surface area contributed by atoms with Crippen molar-refractivity contribution in [3.63, 3.8) is 0 Å². The largest absolute Gasteiger partial charge is 0.312 e. The Balaban J connectivity index is 2.69. The van der Waals surface area contributed by atoms with Crippen molar-refractivity contribution in [2.45, 2.75) is 32.7 Å². The molecule has 0 bridgehead atoms. The summed E-state index contributed by atoms with van der Waals surface area (Å²) in [5.41, 5.74) is 2.27. The van der Waals surface area contributed by atoms with Crippen molar-refractivity contribution in [1.82, 2.24) is 15.3 Å². The first-order chi connectivity index (χ1) is 7.13. The third kappa shape index (κ3) is 3.80. The van der Waals surface area contributed by atoms with Gasteiger partial charge in [-0.2, -0.15) is 0 Å². The Bertz CT molecular complexity index is 333. The van der Waals surface area contributed by atoms with Crippen LogP contribution in [0, 0.1) is 6.92 Å². The van der Waals surface area contributed by atoms with E-state index in [9.17, 15) is 0 Å². The third-order valence-corrected chi connectivity index (χ3v) is 2.36. The second kappa shape index (κ2) is 5.61. The molecule has 1 rings (SSSR count). The number of nitrogens with zero attached hydrogens (tertiary/aromatic N) is 2. The van der Waals surface area contributed by atoms with Crippen LogP contribution in [-0.2, 0) is 0 Å². The number of hydrogen-bond acceptors (Lipinski definition) is 3. The molecule has 0 aliphatic carbocycles. The van der Waals surface area contributed by atoms with Gasteiger partial charge in [0.05, 0.1) is 5.69 Å². The molecule has 0 spiro atoms. The predicted molar refractivity (Wildman–Crippen MR) is 62.6 cm³/mol. The van der Waals surface area contributed by atoms with E-state index in [1.54, 1.807) is 0 Å². The topological polar surface area (TPSA) is 37.8 Å². The van der Waals surface area contributed by atoms with E-state index in [1.807, 2.05) is 26.2 Å². The van der Waals surface area contributed by atoms with E-state index < -0.39 is 0 Å². The van der Waals surface area contributed by atoms with Gasteiger partial charge >= 0.3 is 0 Å². The van der Waals surface area contributed by atoms with Crippen molar-refractivity contribution >= 4 is 0 Å². The fraction of sp³-hybridized carbons (Fsp3) is 0.500. The Labute approximate surface area is 91.7 Å². The average Bonchev–Trinajstić information content (AvgIpc) is 2.18. The van der Waals surface area contributed by atoms with Gasteiger partial charge in [-0.05, 0) is 39.8 Å². The minimum atomic E-state index is 0.295. The summed E-state index contributed by atoms with van der Waals surface area (Å²) in [6.45, 7) is 7.88. The highest BCUT2D eigenvalue weighted by Gasteiger charge is 2.10. The maximum absolute atomic E-state index is 4.42. The summed E-state index contributed by atoms with van der Waals surface area (Å²) in [6, 6.07) is 2.26. The van der Waals surface area contributed by atoms with Gasteiger partial charge in [0.25, 0.3) is 0 Å². The van der Waals surface area contributed by atoms with Crippen LogP contribution >= 0.6 is 0 Å². The molecule has 0 saturated heterocycles. The fourth-order valence-electron chi connectivity index (χ4n) is 1.50. The van der Waals surface area contributed by atoms with Crippen molar-refractivity contribution in [1.29, 1.82) is 0 Å². The summed E-state index contributed by atoms with van der Waals surface area (Å²) in [5, 5.41) is 3.27. The molecule has 0 aliphatic rings. The summed E-state index contributed by atoms with van der Waals surface area (Å²) >= 11 is 0. The van der Waals surface area contributed by atoms with Crippen LogP contribution in [0.1, 0.15) is 37.3 Å². The SMILES string of the molecule is C=C(C)CCC(NC)c1ccnc(C)n1. The summed E-state index contributed by atoms with van der Waals surface area (Å²) < 4.78 is 0. The first-order valence-corrected chi connectivity index (χ1v) is 5.24. The minimum absolute atomic E-state index is 0.295. The van der Waals surface area contributed by atoms with Crippen LogP contribution in [0.4, 0.5) is 0 Å². The lowest BCUT2D eigenvalue weighted by Gasteiger charge is -2.15. The summed E-state index contributed by atoms with van der Waals surface area (Å²) in [5.74, 6) is 0.822. The fourth-order valence-corrected chi connectivity index (χ4v) is 1.50. The van der Waals surface area contributed by atoms with Gasteiger partial charge in [-0.3, -0.25) is 0 Å². The molecule has 82 valence electrons. The van der Waals surface area contributed by atoms with Crippen LogP contribution in [0.3, 0.4) is 0 Å². The number of allylic oxidation sites excluding steroid dienone is 1. The molecule has 1 N–H and O–H groups in total. The Morgan fingerprint density at radius 3 is 2.87 bits per heavy atom. The lowest BCUT2D eigenvalue weighted by molar-refractivity contribution is 0.532. The summed E-state index contributed by atoms with van der Waals surface area (Å²) in [6.07, 6.45) is 3.86. The standard InChI is InChI=1S/C12H19N3/c1-9(2)5-6-11(13-4)12-7-8-14-10(3)15-12/h7-8,11,13H,1,5-6H2,2-4H3. The number of aromatic nitrogens is 2. The molecule has 1 heterocycles. The van der Waals surface area contributed by atoms with Crippen molar-refractivity contribution in [2.75, 3.05) is 7.05 Å². The lowest BCUT2D eigenvalue weighted by Crippen LogP contribution is -2.18. The Morgan fingerprint density at radius 2 is 2.33 bits per heavy atom. The molecule has 1 aromatic heterocycles. The Kier molecular flexibility index (Phi) is 4.43. The van der Waals surface area contributed by atoms with Gasteiger partial charge in [0, 0.05) is 12.2 Å². The van der Waals surface area contributed by atoms with Crippen molar-refractivity contribution < 1.29 is 0 Å². The average molecular weight is 205 g/mol. The lowest BCUT2D eigenvalue weighted by atomic mass is 10.0. The smallest absolute Gasteiger partial charge is 0.125 e. The summed E-state index contributed by atoms with van der Waals surface area (Å²) in [4.78, 5) is 8.51. The normalized spacial score (nSPS) is 12.5. The molecule has 0 saturated carbocycles. The molecule has 0 aromatic carbocycles. The van der Waals surface area contributed by atoms with Gasteiger partial charge in [-0.1, -0.05) is 5.57 Å². The highest BCUT2D eigenvalue weighted by Crippen LogP contribution is 2.17. The monoisotopic (exact) mass is 205 g/mol. The first-order valence-electron chi connectivity index (χ1n) is 5.24. The molecule has 3 nitrogen and oxygen atoms in total. The van der Waals surface area contributed by atoms with Gasteiger partial charge < -0.3 is 5.32 Å².